The van der Waals surface area contributed by atoms with Crippen molar-refractivity contribution in [1.82, 2.24) is 0 Å². The van der Waals surface area contributed by atoms with Gasteiger partial charge in [0.1, 0.15) is 5.69 Å². The van der Waals surface area contributed by atoms with Gasteiger partial charge in [-0.2, -0.15) is 0 Å². The Morgan fingerprint density at radius 3 is 2.48 bits per heavy atom. The summed E-state index contributed by atoms with van der Waals surface area (Å²) < 4.78 is 5.15. The fraction of sp³-hybridized carbons (Fsp3) is 0.500. The molecule has 21 heavy (non-hydrogen) atoms. The van der Waals surface area contributed by atoms with Gasteiger partial charge in [0, 0.05) is 38.7 Å². The molecule has 0 aromatic heterocycles. The van der Waals surface area contributed by atoms with Crippen molar-refractivity contribution in [1.29, 1.82) is 0 Å². The first-order valence-electron chi connectivity index (χ1n) is 6.38. The van der Waals surface area contributed by atoms with E-state index in [0.29, 0.717) is 26.1 Å². The van der Waals surface area contributed by atoms with Crippen molar-refractivity contribution < 1.29 is 19.7 Å². The molecule has 2 N–H and O–H groups in total. The molecule has 0 spiro atoms. The van der Waals surface area contributed by atoms with Crippen LogP contribution in [-0.4, -0.2) is 40.3 Å². The van der Waals surface area contributed by atoms with Crippen LogP contribution in [0, 0.1) is 20.2 Å². The number of benzene rings is 1. The number of rotatable bonds is 5. The Morgan fingerprint density at radius 2 is 1.90 bits per heavy atom. The largest absolute Gasteiger partial charge is 0.388 e. The minimum absolute atomic E-state index is 0.120. The molecule has 9 nitrogen and oxygen atoms in total. The molecule has 0 amide bonds. The van der Waals surface area contributed by atoms with E-state index in [1.165, 1.54) is 12.1 Å². The first-order valence-corrected chi connectivity index (χ1v) is 6.38. The van der Waals surface area contributed by atoms with Gasteiger partial charge in [-0.25, -0.2) is 0 Å². The topological polar surface area (TPSA) is 128 Å². The van der Waals surface area contributed by atoms with Crippen LogP contribution in [-0.2, 0) is 4.74 Å². The van der Waals surface area contributed by atoms with Gasteiger partial charge in [-0.1, -0.05) is 0 Å². The summed E-state index contributed by atoms with van der Waals surface area (Å²) in [6, 6.07) is 3.36. The van der Waals surface area contributed by atoms with E-state index < -0.39 is 15.4 Å². The van der Waals surface area contributed by atoms with E-state index in [2.05, 4.69) is 5.32 Å². The maximum Gasteiger partial charge on any atom is 0.299 e. The second-order valence-electron chi connectivity index (χ2n) is 4.91. The highest BCUT2D eigenvalue weighted by atomic mass is 16.6. The van der Waals surface area contributed by atoms with E-state index in [1.807, 2.05) is 0 Å². The summed E-state index contributed by atoms with van der Waals surface area (Å²) in [4.78, 5) is 20.3. The van der Waals surface area contributed by atoms with Gasteiger partial charge in [-0.15, -0.1) is 0 Å². The molecule has 0 radical (unpaired) electrons. The Hall–Kier alpha value is -2.26. The molecule has 114 valence electrons. The number of non-ortho nitro benzene ring substituents is 1. The van der Waals surface area contributed by atoms with Gasteiger partial charge in [0.15, 0.2) is 0 Å². The van der Waals surface area contributed by atoms with E-state index in [9.17, 15) is 25.3 Å². The molecule has 1 saturated heterocycles. The van der Waals surface area contributed by atoms with E-state index in [1.54, 1.807) is 0 Å². The number of ether oxygens (including phenoxy) is 1. The van der Waals surface area contributed by atoms with Gasteiger partial charge in [0.2, 0.25) is 0 Å². The van der Waals surface area contributed by atoms with E-state index >= 15 is 0 Å². The van der Waals surface area contributed by atoms with Gasteiger partial charge in [0.05, 0.1) is 21.5 Å². The number of nitrogens with zero attached hydrogens (tertiary/aromatic N) is 2. The van der Waals surface area contributed by atoms with Crippen molar-refractivity contribution >= 4 is 17.1 Å². The number of hydrogen-bond donors (Lipinski definition) is 2. The van der Waals surface area contributed by atoms with Crippen LogP contribution >= 0.6 is 0 Å². The molecular formula is C12H15N3O6. The molecule has 2 rings (SSSR count). The lowest BCUT2D eigenvalue weighted by Crippen LogP contribution is -2.42. The van der Waals surface area contributed by atoms with Gasteiger partial charge in [-0.05, 0) is 6.07 Å². The van der Waals surface area contributed by atoms with Crippen molar-refractivity contribution in [2.75, 3.05) is 25.1 Å². The Labute approximate surface area is 119 Å². The number of aliphatic hydroxyl groups is 1. The number of nitro groups is 2. The molecule has 0 aliphatic carbocycles. The molecule has 1 aromatic carbocycles. The number of hydrogen-bond acceptors (Lipinski definition) is 7. The standard InChI is InChI=1S/C12H15N3O6/c16-12(3-5-21-6-4-12)8-13-10-2-1-9(14(17)18)7-11(10)15(19)20/h1-2,7,13,16H,3-6,8H2. The third-order valence-corrected chi connectivity index (χ3v) is 3.42. The highest BCUT2D eigenvalue weighted by Crippen LogP contribution is 2.30. The molecule has 0 atom stereocenters. The van der Waals surface area contributed by atoms with Crippen LogP contribution in [0.4, 0.5) is 17.1 Å². The summed E-state index contributed by atoms with van der Waals surface area (Å²) in [7, 11) is 0. The second kappa shape index (κ2) is 6.02. The zero-order chi connectivity index (χ0) is 15.5. The first kappa shape index (κ1) is 15.1. The third-order valence-electron chi connectivity index (χ3n) is 3.42. The van der Waals surface area contributed by atoms with Crippen LogP contribution < -0.4 is 5.32 Å². The predicted octanol–water partition coefficient (Wildman–Crippen LogP) is 1.46. The van der Waals surface area contributed by atoms with Gasteiger partial charge < -0.3 is 15.2 Å². The summed E-state index contributed by atoms with van der Waals surface area (Å²) in [6.45, 7) is 0.982. The monoisotopic (exact) mass is 297 g/mol. The van der Waals surface area contributed by atoms with Crippen LogP contribution in [0.15, 0.2) is 18.2 Å². The average molecular weight is 297 g/mol. The van der Waals surface area contributed by atoms with E-state index in [4.69, 9.17) is 4.74 Å². The fourth-order valence-electron chi connectivity index (χ4n) is 2.12. The van der Waals surface area contributed by atoms with Gasteiger partial charge in [0.25, 0.3) is 11.4 Å². The quantitative estimate of drug-likeness (QED) is 0.621. The van der Waals surface area contributed by atoms with Crippen LogP contribution in [0.25, 0.3) is 0 Å². The smallest absolute Gasteiger partial charge is 0.299 e. The highest BCUT2D eigenvalue weighted by Gasteiger charge is 2.30. The zero-order valence-corrected chi connectivity index (χ0v) is 11.2. The molecule has 1 fully saturated rings. The molecule has 0 saturated carbocycles. The maximum absolute atomic E-state index is 11.0. The zero-order valence-electron chi connectivity index (χ0n) is 11.2. The molecule has 0 unspecified atom stereocenters. The lowest BCUT2D eigenvalue weighted by atomic mass is 9.94. The molecule has 9 heteroatoms. The highest BCUT2D eigenvalue weighted by molar-refractivity contribution is 5.65. The van der Waals surface area contributed by atoms with Gasteiger partial charge in [-0.3, -0.25) is 20.2 Å². The van der Waals surface area contributed by atoms with Crippen LogP contribution in [0.1, 0.15) is 12.8 Å². The molecule has 1 heterocycles. The lowest BCUT2D eigenvalue weighted by molar-refractivity contribution is -0.393. The van der Waals surface area contributed by atoms with Crippen molar-refractivity contribution in [2.24, 2.45) is 0 Å². The summed E-state index contributed by atoms with van der Waals surface area (Å²) in [5.41, 5.74) is -1.59. The Morgan fingerprint density at radius 1 is 1.24 bits per heavy atom. The van der Waals surface area contributed by atoms with Crippen molar-refractivity contribution in [3.05, 3.63) is 38.4 Å². The first-order chi connectivity index (χ1) is 9.91. The fourth-order valence-corrected chi connectivity index (χ4v) is 2.12. The Kier molecular flexibility index (Phi) is 4.34. The average Bonchev–Trinajstić information content (AvgIpc) is 2.45. The Bertz CT molecular complexity index is 556. The minimum Gasteiger partial charge on any atom is -0.388 e. The van der Waals surface area contributed by atoms with Crippen molar-refractivity contribution in [2.45, 2.75) is 18.4 Å². The van der Waals surface area contributed by atoms with E-state index in [-0.39, 0.29) is 23.6 Å². The van der Waals surface area contributed by atoms with E-state index in [0.717, 1.165) is 6.07 Å². The molecule has 0 bridgehead atoms. The predicted molar refractivity (Wildman–Crippen MR) is 73.2 cm³/mol. The molecule has 1 aliphatic heterocycles. The molecule has 1 aromatic rings. The Balaban J connectivity index is 2.15. The number of nitrogens with one attached hydrogen (secondary N) is 1. The second-order valence-corrected chi connectivity index (χ2v) is 4.91. The maximum atomic E-state index is 11.0. The lowest BCUT2D eigenvalue weighted by Gasteiger charge is -2.32. The normalized spacial score (nSPS) is 17.2. The van der Waals surface area contributed by atoms with Crippen molar-refractivity contribution in [3.63, 3.8) is 0 Å². The number of nitro benzene ring substituents is 2. The minimum atomic E-state index is -0.992. The summed E-state index contributed by atoms with van der Waals surface area (Å²) in [6.07, 6.45) is 0.863. The number of anilines is 1. The van der Waals surface area contributed by atoms with Crippen LogP contribution in [0.5, 0.6) is 0 Å². The van der Waals surface area contributed by atoms with Crippen LogP contribution in [0.3, 0.4) is 0 Å². The SMILES string of the molecule is O=[N+]([O-])c1ccc(NCC2(O)CCOCC2)c([N+](=O)[O-])c1. The van der Waals surface area contributed by atoms with Crippen LogP contribution in [0.2, 0.25) is 0 Å². The third kappa shape index (κ3) is 3.64. The summed E-state index contributed by atoms with van der Waals surface area (Å²) in [5.74, 6) is 0. The summed E-state index contributed by atoms with van der Waals surface area (Å²) >= 11 is 0. The van der Waals surface area contributed by atoms with Gasteiger partial charge >= 0.3 is 0 Å². The summed E-state index contributed by atoms with van der Waals surface area (Å²) in [5, 5.41) is 34.7. The molecule has 1 aliphatic rings. The molecular weight excluding hydrogens is 282 g/mol. The van der Waals surface area contributed by atoms with Crippen molar-refractivity contribution in [3.8, 4) is 0 Å².